The van der Waals surface area contributed by atoms with Gasteiger partial charge in [0, 0.05) is 11.6 Å². The highest BCUT2D eigenvalue weighted by Gasteiger charge is 2.22. The van der Waals surface area contributed by atoms with E-state index in [1.807, 2.05) is 0 Å². The molecule has 2 aromatic rings. The molecule has 0 aliphatic heterocycles. The van der Waals surface area contributed by atoms with Gasteiger partial charge >= 0.3 is 5.97 Å². The lowest BCUT2D eigenvalue weighted by Crippen LogP contribution is -2.16. The Morgan fingerprint density at radius 1 is 1.45 bits per heavy atom. The van der Waals surface area contributed by atoms with Gasteiger partial charge in [-0.15, -0.1) is 0 Å². The van der Waals surface area contributed by atoms with Gasteiger partial charge in [-0.2, -0.15) is 0 Å². The van der Waals surface area contributed by atoms with Gasteiger partial charge in [0.2, 0.25) is 0 Å². The lowest BCUT2D eigenvalue weighted by Gasteiger charge is -2.10. The molecule has 0 fully saturated rings. The summed E-state index contributed by atoms with van der Waals surface area (Å²) in [7, 11) is -4.17. The summed E-state index contributed by atoms with van der Waals surface area (Å²) in [6.45, 7) is 1.23. The predicted octanol–water partition coefficient (Wildman–Crippen LogP) is 1.62. The molecule has 1 heterocycles. The Bertz CT molecular complexity index is 755. The van der Waals surface area contributed by atoms with E-state index in [1.165, 1.54) is 13.0 Å². The van der Waals surface area contributed by atoms with Gasteiger partial charge in [-0.25, -0.2) is 17.6 Å². The molecular formula is C11H9FN2O5S. The van der Waals surface area contributed by atoms with Gasteiger partial charge in [-0.3, -0.25) is 4.72 Å². The molecule has 9 heteroatoms. The predicted molar refractivity (Wildman–Crippen MR) is 65.4 cm³/mol. The van der Waals surface area contributed by atoms with E-state index < -0.39 is 32.3 Å². The number of aromatic nitrogens is 1. The summed E-state index contributed by atoms with van der Waals surface area (Å²) < 4.78 is 44.3. The van der Waals surface area contributed by atoms with Crippen LogP contribution in [0.2, 0.25) is 0 Å². The normalized spacial score (nSPS) is 11.3. The molecule has 20 heavy (non-hydrogen) atoms. The zero-order valence-electron chi connectivity index (χ0n) is 10.1. The molecule has 0 saturated heterocycles. The van der Waals surface area contributed by atoms with Crippen LogP contribution >= 0.6 is 0 Å². The summed E-state index contributed by atoms with van der Waals surface area (Å²) in [5.74, 6) is -2.45. The van der Waals surface area contributed by atoms with E-state index in [0.29, 0.717) is 0 Å². The molecule has 0 bridgehead atoms. The van der Waals surface area contributed by atoms with E-state index in [-0.39, 0.29) is 11.4 Å². The summed E-state index contributed by atoms with van der Waals surface area (Å²) in [5, 5.41) is 12.2. The Balaban J connectivity index is 2.53. The highest BCUT2D eigenvalue weighted by Crippen LogP contribution is 2.22. The lowest BCUT2D eigenvalue weighted by atomic mass is 10.1. The minimum atomic E-state index is -4.17. The van der Waals surface area contributed by atoms with Crippen molar-refractivity contribution in [3.8, 4) is 0 Å². The second-order valence-corrected chi connectivity index (χ2v) is 5.53. The number of hydrogen-bond acceptors (Lipinski definition) is 5. The number of nitrogens with zero attached hydrogens (tertiary/aromatic N) is 1. The molecule has 0 atom stereocenters. The van der Waals surface area contributed by atoms with E-state index >= 15 is 0 Å². The smallest absolute Gasteiger partial charge is 0.335 e. The van der Waals surface area contributed by atoms with Gasteiger partial charge in [0.05, 0.1) is 10.5 Å². The molecule has 0 saturated carbocycles. The Morgan fingerprint density at radius 2 is 2.15 bits per heavy atom. The van der Waals surface area contributed by atoms with Crippen LogP contribution in [0.25, 0.3) is 0 Å². The zero-order chi connectivity index (χ0) is 14.9. The van der Waals surface area contributed by atoms with Crippen LogP contribution in [-0.4, -0.2) is 24.7 Å². The van der Waals surface area contributed by atoms with E-state index in [0.717, 1.165) is 18.4 Å². The number of sulfonamides is 1. The topological polar surface area (TPSA) is 110 Å². The van der Waals surface area contributed by atoms with Gasteiger partial charge in [0.25, 0.3) is 10.0 Å². The molecule has 0 aliphatic carbocycles. The molecule has 0 amide bonds. The van der Waals surface area contributed by atoms with E-state index in [1.54, 1.807) is 0 Å². The minimum Gasteiger partial charge on any atom is -0.478 e. The average molecular weight is 300 g/mol. The fourth-order valence-corrected chi connectivity index (χ4v) is 2.79. The van der Waals surface area contributed by atoms with Crippen molar-refractivity contribution >= 4 is 21.8 Å². The van der Waals surface area contributed by atoms with Gasteiger partial charge in [0.15, 0.2) is 5.82 Å². The first-order valence-corrected chi connectivity index (χ1v) is 6.76. The van der Waals surface area contributed by atoms with Crippen molar-refractivity contribution in [2.45, 2.75) is 11.8 Å². The highest BCUT2D eigenvalue weighted by atomic mass is 32.2. The third-order valence-corrected chi connectivity index (χ3v) is 3.99. The molecular weight excluding hydrogens is 291 g/mol. The average Bonchev–Trinajstić information content (AvgIpc) is 2.83. The number of carboxylic acids is 1. The maximum atomic E-state index is 13.6. The van der Waals surface area contributed by atoms with Crippen molar-refractivity contribution in [2.75, 3.05) is 4.72 Å². The third-order valence-electron chi connectivity index (χ3n) is 2.51. The monoisotopic (exact) mass is 300 g/mol. The van der Waals surface area contributed by atoms with Crippen LogP contribution in [-0.2, 0) is 10.0 Å². The van der Waals surface area contributed by atoms with Crippen LogP contribution < -0.4 is 4.72 Å². The molecule has 7 nitrogen and oxygen atoms in total. The molecule has 2 N–H and O–H groups in total. The fraction of sp³-hybridized carbons (Fsp3) is 0.0909. The van der Waals surface area contributed by atoms with Crippen molar-refractivity contribution in [3.63, 3.8) is 0 Å². The van der Waals surface area contributed by atoms with E-state index in [4.69, 9.17) is 5.11 Å². The van der Waals surface area contributed by atoms with Crippen molar-refractivity contribution in [1.29, 1.82) is 0 Å². The number of hydrogen-bond donors (Lipinski definition) is 2. The fourth-order valence-electron chi connectivity index (χ4n) is 1.51. The van der Waals surface area contributed by atoms with Crippen LogP contribution in [0, 0.1) is 12.7 Å². The number of nitrogens with one attached hydrogen (secondary N) is 1. The summed E-state index contributed by atoms with van der Waals surface area (Å²) in [4.78, 5) is 10.4. The first kappa shape index (κ1) is 14.0. The Kier molecular flexibility index (Phi) is 3.45. The van der Waals surface area contributed by atoms with Crippen LogP contribution in [0.1, 0.15) is 15.9 Å². The van der Waals surface area contributed by atoms with Gasteiger partial charge in [-0.1, -0.05) is 5.16 Å². The second-order valence-electron chi connectivity index (χ2n) is 3.88. The summed E-state index contributed by atoms with van der Waals surface area (Å²) in [6, 6.07) is 2.89. The molecule has 1 aromatic carbocycles. The SMILES string of the molecule is Cc1c(F)cc(C(=O)O)cc1S(=O)(=O)Nc1ccon1. The summed E-state index contributed by atoms with van der Waals surface area (Å²) >= 11 is 0. The second kappa shape index (κ2) is 4.93. The van der Waals surface area contributed by atoms with Crippen LogP contribution in [0.4, 0.5) is 10.2 Å². The molecule has 1 aromatic heterocycles. The van der Waals surface area contributed by atoms with Crippen LogP contribution in [0.5, 0.6) is 0 Å². The van der Waals surface area contributed by atoms with Crippen molar-refractivity contribution in [2.24, 2.45) is 0 Å². The number of halogens is 1. The summed E-state index contributed by atoms with van der Waals surface area (Å²) in [5.41, 5.74) is -0.653. The van der Waals surface area contributed by atoms with Crippen molar-refractivity contribution in [3.05, 3.63) is 41.4 Å². The number of anilines is 1. The number of carbonyl (C=O) groups is 1. The standard InChI is InChI=1S/C11H9FN2O5S/c1-6-8(12)4-7(11(15)16)5-9(6)20(17,18)14-10-2-3-19-13-10/h2-5H,1H3,(H,13,14)(H,15,16). The maximum Gasteiger partial charge on any atom is 0.335 e. The third kappa shape index (κ3) is 2.62. The van der Waals surface area contributed by atoms with Gasteiger partial charge < -0.3 is 9.63 Å². The Hall–Kier alpha value is -2.42. The largest absolute Gasteiger partial charge is 0.478 e. The molecule has 0 radical (unpaired) electrons. The molecule has 2 rings (SSSR count). The molecule has 0 aliphatic rings. The lowest BCUT2D eigenvalue weighted by molar-refractivity contribution is 0.0696. The van der Waals surface area contributed by atoms with E-state index in [9.17, 15) is 17.6 Å². The highest BCUT2D eigenvalue weighted by molar-refractivity contribution is 7.92. The maximum absolute atomic E-state index is 13.6. The zero-order valence-corrected chi connectivity index (χ0v) is 10.9. The first-order chi connectivity index (χ1) is 9.31. The van der Waals surface area contributed by atoms with Crippen molar-refractivity contribution < 1.29 is 27.2 Å². The van der Waals surface area contributed by atoms with Gasteiger partial charge in [0.1, 0.15) is 12.1 Å². The van der Waals surface area contributed by atoms with Crippen molar-refractivity contribution in [1.82, 2.24) is 5.16 Å². The molecule has 0 unspecified atom stereocenters. The number of carboxylic acid groups (broad SMARTS) is 1. The Labute approximate surface area is 113 Å². The first-order valence-electron chi connectivity index (χ1n) is 5.28. The van der Waals surface area contributed by atoms with Gasteiger partial charge in [-0.05, 0) is 19.1 Å². The molecule has 106 valence electrons. The number of rotatable bonds is 4. The Morgan fingerprint density at radius 3 is 2.70 bits per heavy atom. The summed E-state index contributed by atoms with van der Waals surface area (Å²) in [6.07, 6.45) is 1.15. The molecule has 0 spiro atoms. The number of benzene rings is 1. The van der Waals surface area contributed by atoms with Crippen LogP contribution in [0.15, 0.2) is 33.9 Å². The number of aromatic carboxylic acids is 1. The quantitative estimate of drug-likeness (QED) is 0.888. The minimum absolute atomic E-state index is 0.0921. The van der Waals surface area contributed by atoms with Crippen LogP contribution in [0.3, 0.4) is 0 Å². The van der Waals surface area contributed by atoms with E-state index in [2.05, 4.69) is 14.4 Å².